The highest BCUT2D eigenvalue weighted by Gasteiger charge is 2.18. The molecule has 4 aromatic heterocycles. The van der Waals surface area contributed by atoms with E-state index < -0.39 is 0 Å². The number of nitrogens with zero attached hydrogens (tertiary/aromatic N) is 5. The largest absolute Gasteiger partial charge is 0.492 e. The molecule has 0 saturated carbocycles. The van der Waals surface area contributed by atoms with Crippen molar-refractivity contribution in [2.24, 2.45) is 5.92 Å². The summed E-state index contributed by atoms with van der Waals surface area (Å²) in [5.41, 5.74) is 6.88. The molecule has 0 radical (unpaired) electrons. The number of fused-ring (bicyclic) bond motifs is 2. The van der Waals surface area contributed by atoms with Gasteiger partial charge in [0.05, 0.1) is 34.1 Å². The van der Waals surface area contributed by atoms with Gasteiger partial charge in [0.2, 0.25) is 5.91 Å². The lowest BCUT2D eigenvalue weighted by Crippen LogP contribution is -2.25. The van der Waals surface area contributed by atoms with Gasteiger partial charge in [-0.05, 0) is 67.9 Å². The monoisotopic (exact) mass is 604 g/mol. The molecule has 10 nitrogen and oxygen atoms in total. The van der Waals surface area contributed by atoms with E-state index in [4.69, 9.17) is 14.7 Å². The van der Waals surface area contributed by atoms with Gasteiger partial charge in [-0.15, -0.1) is 0 Å². The molecular weight excluding hydrogens is 571 g/mol. The Bertz CT molecular complexity index is 2010. The molecule has 6 aromatic rings. The van der Waals surface area contributed by atoms with Gasteiger partial charge in [-0.25, -0.2) is 14.4 Å². The van der Waals surface area contributed by atoms with Crippen molar-refractivity contribution in [3.05, 3.63) is 72.8 Å². The van der Waals surface area contributed by atoms with Crippen LogP contribution < -0.4 is 10.1 Å². The van der Waals surface area contributed by atoms with Gasteiger partial charge in [0.15, 0.2) is 11.5 Å². The predicted molar refractivity (Wildman–Crippen MR) is 172 cm³/mol. The van der Waals surface area contributed by atoms with E-state index in [0.29, 0.717) is 51.9 Å². The highest BCUT2D eigenvalue weighted by molar-refractivity contribution is 5.97. The van der Waals surface area contributed by atoms with Crippen LogP contribution in [0.25, 0.3) is 56.0 Å². The number of aromatic nitrogens is 6. The average molecular weight is 605 g/mol. The van der Waals surface area contributed by atoms with E-state index in [-0.39, 0.29) is 17.6 Å². The number of hydrogen-bond acceptors (Lipinski definition) is 7. The predicted octanol–water partition coefficient (Wildman–Crippen LogP) is 6.44. The van der Waals surface area contributed by atoms with Crippen LogP contribution in [0.15, 0.2) is 67.0 Å². The Balaban J connectivity index is 1.20. The minimum Gasteiger partial charge on any atom is -0.492 e. The van der Waals surface area contributed by atoms with E-state index in [0.717, 1.165) is 41.8 Å². The fourth-order valence-corrected chi connectivity index (χ4v) is 5.64. The molecule has 45 heavy (non-hydrogen) atoms. The summed E-state index contributed by atoms with van der Waals surface area (Å²) in [6.45, 7) is 7.19. The second-order valence-electron chi connectivity index (χ2n) is 11.6. The quantitative estimate of drug-likeness (QED) is 0.174. The summed E-state index contributed by atoms with van der Waals surface area (Å²) in [6.07, 6.45) is 5.75. The van der Waals surface area contributed by atoms with Crippen LogP contribution in [-0.2, 0) is 4.79 Å². The van der Waals surface area contributed by atoms with Crippen molar-refractivity contribution in [2.75, 3.05) is 31.6 Å². The number of rotatable bonds is 9. The molecule has 0 atom stereocenters. The van der Waals surface area contributed by atoms with Crippen molar-refractivity contribution < 1.29 is 13.9 Å². The topological polar surface area (TPSA) is 125 Å². The maximum atomic E-state index is 14.8. The lowest BCUT2D eigenvalue weighted by molar-refractivity contribution is -0.118. The molecule has 1 saturated heterocycles. The molecule has 3 N–H and O–H groups in total. The molecule has 0 unspecified atom stereocenters. The lowest BCUT2D eigenvalue weighted by Gasteiger charge is -2.15. The molecular formula is C34H33FN8O2. The van der Waals surface area contributed by atoms with Crippen LogP contribution in [0.4, 0.5) is 10.1 Å². The number of imidazole rings is 1. The Morgan fingerprint density at radius 2 is 1.87 bits per heavy atom. The molecule has 11 heteroatoms. The first kappa shape index (κ1) is 28.6. The van der Waals surface area contributed by atoms with Crippen LogP contribution >= 0.6 is 0 Å². The second kappa shape index (κ2) is 12.1. The summed E-state index contributed by atoms with van der Waals surface area (Å²) in [7, 11) is 0. The SMILES string of the molecule is CC(C)C(=O)Nc1cncc(-c2ccc3[nH]nc(-c4nc5c(-c6cc(F)cc(OCCN7CCCC7)c6)cccc5[nH]4)c3n2)c1. The van der Waals surface area contributed by atoms with Crippen LogP contribution in [0, 0.1) is 11.7 Å². The standard InChI is InChI=1S/C34H33FN8O2/c1-20(2)34(44)37-24-15-22(18-36-19-24)27-8-9-29-31(38-27)32(42-41-29)33-39-28-7-5-6-26(30(28)40-33)21-14-23(35)17-25(16-21)45-13-12-43-10-3-4-11-43/h5-9,14-20H,3-4,10-13H2,1-2H3,(H,37,44)(H,39,40)(H,41,42). The van der Waals surface area contributed by atoms with Crippen LogP contribution in [0.1, 0.15) is 26.7 Å². The molecule has 1 aliphatic heterocycles. The summed E-state index contributed by atoms with van der Waals surface area (Å²) in [6, 6.07) is 16.2. The van der Waals surface area contributed by atoms with Gasteiger partial charge in [-0.2, -0.15) is 5.10 Å². The van der Waals surface area contributed by atoms with Gasteiger partial charge in [0.25, 0.3) is 0 Å². The summed E-state index contributed by atoms with van der Waals surface area (Å²) < 4.78 is 20.7. The molecule has 5 heterocycles. The van der Waals surface area contributed by atoms with E-state index >= 15 is 0 Å². The van der Waals surface area contributed by atoms with Gasteiger partial charge in [-0.1, -0.05) is 26.0 Å². The van der Waals surface area contributed by atoms with Crippen molar-refractivity contribution >= 4 is 33.7 Å². The van der Waals surface area contributed by atoms with Crippen LogP contribution in [0.5, 0.6) is 5.75 Å². The van der Waals surface area contributed by atoms with Crippen molar-refractivity contribution in [1.82, 2.24) is 35.0 Å². The van der Waals surface area contributed by atoms with Crippen LogP contribution in [0.3, 0.4) is 0 Å². The Morgan fingerprint density at radius 3 is 2.71 bits per heavy atom. The number of pyridine rings is 2. The number of benzene rings is 2. The van der Waals surface area contributed by atoms with Crippen molar-refractivity contribution in [3.8, 4) is 39.7 Å². The first-order valence-corrected chi connectivity index (χ1v) is 15.2. The van der Waals surface area contributed by atoms with Gasteiger partial charge < -0.3 is 15.0 Å². The first-order valence-electron chi connectivity index (χ1n) is 15.2. The summed E-state index contributed by atoms with van der Waals surface area (Å²) >= 11 is 0. The fourth-order valence-electron chi connectivity index (χ4n) is 5.64. The molecule has 228 valence electrons. The Hall–Kier alpha value is -5.16. The van der Waals surface area contributed by atoms with Gasteiger partial charge in [0.1, 0.15) is 23.7 Å². The first-order chi connectivity index (χ1) is 21.9. The summed E-state index contributed by atoms with van der Waals surface area (Å²) in [5, 5.41) is 10.5. The normalized spacial score (nSPS) is 13.7. The maximum absolute atomic E-state index is 14.8. The van der Waals surface area contributed by atoms with Gasteiger partial charge in [-0.3, -0.25) is 19.8 Å². The molecule has 1 amide bonds. The van der Waals surface area contributed by atoms with E-state index in [1.165, 1.54) is 25.0 Å². The minimum atomic E-state index is -0.367. The highest BCUT2D eigenvalue weighted by Crippen LogP contribution is 2.34. The third-order valence-electron chi connectivity index (χ3n) is 8.03. The third kappa shape index (κ3) is 5.99. The zero-order valence-electron chi connectivity index (χ0n) is 25.1. The number of H-pyrrole nitrogens is 2. The van der Waals surface area contributed by atoms with Crippen molar-refractivity contribution in [2.45, 2.75) is 26.7 Å². The van der Waals surface area contributed by atoms with Crippen molar-refractivity contribution in [1.29, 1.82) is 0 Å². The number of aromatic amines is 2. The molecule has 0 bridgehead atoms. The summed E-state index contributed by atoms with van der Waals surface area (Å²) in [5.74, 6) is 0.422. The Kier molecular flexibility index (Phi) is 7.68. The molecule has 2 aromatic carbocycles. The number of nitrogens with one attached hydrogen (secondary N) is 3. The third-order valence-corrected chi connectivity index (χ3v) is 8.03. The second-order valence-corrected chi connectivity index (χ2v) is 11.6. The summed E-state index contributed by atoms with van der Waals surface area (Å²) in [4.78, 5) is 32.1. The number of halogens is 1. The van der Waals surface area contributed by atoms with E-state index in [1.807, 2.05) is 56.3 Å². The molecule has 1 aliphatic rings. The van der Waals surface area contributed by atoms with E-state index in [1.54, 1.807) is 12.4 Å². The number of hydrogen-bond donors (Lipinski definition) is 3. The number of likely N-dealkylation sites (tertiary alicyclic amines) is 1. The zero-order chi connectivity index (χ0) is 30.9. The molecule has 0 spiro atoms. The Labute approximate surface area is 259 Å². The molecule has 1 fully saturated rings. The minimum absolute atomic E-state index is 0.0850. The number of ether oxygens (including phenoxy) is 1. The lowest BCUT2D eigenvalue weighted by atomic mass is 10.0. The van der Waals surface area contributed by atoms with Crippen LogP contribution in [0.2, 0.25) is 0 Å². The van der Waals surface area contributed by atoms with Crippen molar-refractivity contribution in [3.63, 3.8) is 0 Å². The van der Waals surface area contributed by atoms with Gasteiger partial charge >= 0.3 is 0 Å². The molecule has 7 rings (SSSR count). The number of carbonyl (C=O) groups is 1. The highest BCUT2D eigenvalue weighted by atomic mass is 19.1. The number of carbonyl (C=O) groups excluding carboxylic acids is 1. The number of amides is 1. The molecule has 0 aliphatic carbocycles. The smallest absolute Gasteiger partial charge is 0.226 e. The van der Waals surface area contributed by atoms with E-state index in [9.17, 15) is 9.18 Å². The maximum Gasteiger partial charge on any atom is 0.226 e. The fraction of sp³-hybridized carbons (Fsp3) is 0.265. The number of para-hydroxylation sites is 1. The van der Waals surface area contributed by atoms with E-state index in [2.05, 4.69) is 30.4 Å². The van der Waals surface area contributed by atoms with Gasteiger partial charge in [0, 0.05) is 35.9 Å². The number of anilines is 1. The average Bonchev–Trinajstić information content (AvgIpc) is 3.80. The Morgan fingerprint density at radius 1 is 1.00 bits per heavy atom. The van der Waals surface area contributed by atoms with Crippen LogP contribution in [-0.4, -0.2) is 67.2 Å². The zero-order valence-corrected chi connectivity index (χ0v) is 25.1.